The van der Waals surface area contributed by atoms with Gasteiger partial charge in [0.05, 0.1) is 18.0 Å². The number of morpholine rings is 1. The lowest BCUT2D eigenvalue weighted by Crippen LogP contribution is -2.38. The minimum absolute atomic E-state index is 0.201. The number of nitrogens with zero attached hydrogens (tertiary/aromatic N) is 4. The number of aromatic nitrogens is 3. The molecule has 1 saturated heterocycles. The van der Waals surface area contributed by atoms with Crippen molar-refractivity contribution in [3.63, 3.8) is 0 Å². The molecule has 0 saturated carbocycles. The first-order chi connectivity index (χ1) is 12.8. The van der Waals surface area contributed by atoms with E-state index in [1.807, 2.05) is 18.3 Å². The van der Waals surface area contributed by atoms with Crippen molar-refractivity contribution in [3.05, 3.63) is 78.3 Å². The van der Waals surface area contributed by atoms with Gasteiger partial charge in [0.25, 0.3) is 0 Å². The molecule has 1 atom stereocenters. The average Bonchev–Trinajstić information content (AvgIpc) is 2.69. The molecule has 132 valence electrons. The molecule has 1 aromatic carbocycles. The molecule has 3 heterocycles. The second kappa shape index (κ2) is 7.68. The highest BCUT2D eigenvalue weighted by Crippen LogP contribution is 2.29. The fourth-order valence-corrected chi connectivity index (χ4v) is 3.20. The standard InChI is InChI=1S/C20H19FN4O/c21-17-5-1-4-16(11-17)19-20(24-8-7-23-19)18-14-25(9-10-26-18)13-15-3-2-6-22-12-15/h1-8,11-12,18H,9-10,13-14H2. The predicted octanol–water partition coefficient (Wildman–Crippen LogP) is 3.25. The molecule has 1 aliphatic rings. The minimum Gasteiger partial charge on any atom is -0.369 e. The van der Waals surface area contributed by atoms with Crippen LogP contribution in [0, 0.1) is 5.82 Å². The summed E-state index contributed by atoms with van der Waals surface area (Å²) in [6, 6.07) is 10.4. The van der Waals surface area contributed by atoms with Crippen LogP contribution in [0.4, 0.5) is 4.39 Å². The van der Waals surface area contributed by atoms with E-state index < -0.39 is 0 Å². The highest BCUT2D eigenvalue weighted by Gasteiger charge is 2.26. The summed E-state index contributed by atoms with van der Waals surface area (Å²) in [4.78, 5) is 15.4. The van der Waals surface area contributed by atoms with Gasteiger partial charge in [-0.05, 0) is 23.8 Å². The summed E-state index contributed by atoms with van der Waals surface area (Å²) in [5.74, 6) is -0.290. The molecule has 6 heteroatoms. The van der Waals surface area contributed by atoms with Gasteiger partial charge in [-0.2, -0.15) is 0 Å². The first-order valence-electron chi connectivity index (χ1n) is 8.59. The lowest BCUT2D eigenvalue weighted by atomic mass is 10.0. The van der Waals surface area contributed by atoms with Crippen molar-refractivity contribution in [1.82, 2.24) is 19.9 Å². The third-order valence-electron chi connectivity index (χ3n) is 4.41. The summed E-state index contributed by atoms with van der Waals surface area (Å²) in [5, 5.41) is 0. The molecule has 0 amide bonds. The first-order valence-corrected chi connectivity index (χ1v) is 8.59. The zero-order valence-corrected chi connectivity index (χ0v) is 14.3. The zero-order valence-electron chi connectivity index (χ0n) is 14.3. The van der Waals surface area contributed by atoms with Gasteiger partial charge in [-0.25, -0.2) is 4.39 Å². The van der Waals surface area contributed by atoms with Crippen LogP contribution in [0.2, 0.25) is 0 Å². The van der Waals surface area contributed by atoms with E-state index in [0.29, 0.717) is 24.4 Å². The topological polar surface area (TPSA) is 51.1 Å². The molecular formula is C20H19FN4O. The number of benzene rings is 1. The summed E-state index contributed by atoms with van der Waals surface area (Å²) in [6.45, 7) is 2.98. The van der Waals surface area contributed by atoms with Crippen LogP contribution in [-0.2, 0) is 11.3 Å². The first kappa shape index (κ1) is 16.8. The maximum Gasteiger partial charge on any atom is 0.123 e. The third-order valence-corrected chi connectivity index (χ3v) is 4.41. The average molecular weight is 350 g/mol. The van der Waals surface area contributed by atoms with Crippen LogP contribution >= 0.6 is 0 Å². The zero-order chi connectivity index (χ0) is 17.8. The lowest BCUT2D eigenvalue weighted by Gasteiger charge is -2.33. The van der Waals surface area contributed by atoms with Crippen LogP contribution in [0.25, 0.3) is 11.3 Å². The summed E-state index contributed by atoms with van der Waals surface area (Å²) in [5.41, 5.74) is 3.29. The number of halogens is 1. The fraction of sp³-hybridized carbons (Fsp3) is 0.250. The lowest BCUT2D eigenvalue weighted by molar-refractivity contribution is -0.0348. The Bertz CT molecular complexity index is 874. The highest BCUT2D eigenvalue weighted by atomic mass is 19.1. The number of rotatable bonds is 4. The number of pyridine rings is 1. The van der Waals surface area contributed by atoms with Crippen LogP contribution < -0.4 is 0 Å². The molecule has 1 fully saturated rings. The smallest absolute Gasteiger partial charge is 0.123 e. The van der Waals surface area contributed by atoms with Crippen LogP contribution in [-0.4, -0.2) is 39.5 Å². The molecule has 5 nitrogen and oxygen atoms in total. The van der Waals surface area contributed by atoms with Crippen LogP contribution in [0.1, 0.15) is 17.4 Å². The van der Waals surface area contributed by atoms with Gasteiger partial charge in [-0.15, -0.1) is 0 Å². The fourth-order valence-electron chi connectivity index (χ4n) is 3.20. The van der Waals surface area contributed by atoms with E-state index in [2.05, 4.69) is 25.9 Å². The van der Waals surface area contributed by atoms with E-state index in [9.17, 15) is 4.39 Å². The molecule has 0 radical (unpaired) electrons. The Kier molecular flexibility index (Phi) is 4.95. The number of hydrogen-bond donors (Lipinski definition) is 0. The molecule has 1 unspecified atom stereocenters. The maximum atomic E-state index is 13.6. The van der Waals surface area contributed by atoms with Crippen molar-refractivity contribution in [1.29, 1.82) is 0 Å². The van der Waals surface area contributed by atoms with E-state index >= 15 is 0 Å². The van der Waals surface area contributed by atoms with Crippen LogP contribution in [0.3, 0.4) is 0 Å². The predicted molar refractivity (Wildman–Crippen MR) is 95.6 cm³/mol. The van der Waals surface area contributed by atoms with Gasteiger partial charge in [-0.1, -0.05) is 18.2 Å². The Morgan fingerprint density at radius 1 is 1.12 bits per heavy atom. The van der Waals surface area contributed by atoms with Gasteiger partial charge in [0.15, 0.2) is 0 Å². The number of ether oxygens (including phenoxy) is 1. The second-order valence-electron chi connectivity index (χ2n) is 6.26. The summed E-state index contributed by atoms with van der Waals surface area (Å²) < 4.78 is 19.6. The molecule has 4 rings (SSSR count). The largest absolute Gasteiger partial charge is 0.369 e. The number of hydrogen-bond acceptors (Lipinski definition) is 5. The highest BCUT2D eigenvalue weighted by molar-refractivity contribution is 5.61. The molecule has 2 aromatic heterocycles. The van der Waals surface area contributed by atoms with Crippen molar-refractivity contribution in [2.75, 3.05) is 19.7 Å². The summed E-state index contributed by atoms with van der Waals surface area (Å²) in [6.07, 6.45) is 6.73. The minimum atomic E-state index is -0.290. The van der Waals surface area contributed by atoms with Gasteiger partial charge in [0.2, 0.25) is 0 Å². The molecule has 1 aliphatic heterocycles. The van der Waals surface area contributed by atoms with Crippen molar-refractivity contribution < 1.29 is 9.13 Å². The quantitative estimate of drug-likeness (QED) is 0.723. The Morgan fingerprint density at radius 3 is 2.88 bits per heavy atom. The second-order valence-corrected chi connectivity index (χ2v) is 6.26. The van der Waals surface area contributed by atoms with Gasteiger partial charge in [-0.3, -0.25) is 19.9 Å². The van der Waals surface area contributed by atoms with Crippen molar-refractivity contribution in [3.8, 4) is 11.3 Å². The van der Waals surface area contributed by atoms with Gasteiger partial charge in [0.1, 0.15) is 11.9 Å². The van der Waals surface area contributed by atoms with E-state index in [4.69, 9.17) is 4.74 Å². The SMILES string of the molecule is Fc1cccc(-c2nccnc2C2CN(Cc3cccnc3)CCO2)c1. The van der Waals surface area contributed by atoms with Crippen molar-refractivity contribution in [2.45, 2.75) is 12.6 Å². The molecule has 0 N–H and O–H groups in total. The van der Waals surface area contributed by atoms with Crippen molar-refractivity contribution >= 4 is 0 Å². The van der Waals surface area contributed by atoms with Gasteiger partial charge >= 0.3 is 0 Å². The van der Waals surface area contributed by atoms with E-state index in [1.54, 1.807) is 24.7 Å². The van der Waals surface area contributed by atoms with E-state index in [1.165, 1.54) is 12.1 Å². The Morgan fingerprint density at radius 2 is 2.04 bits per heavy atom. The van der Waals surface area contributed by atoms with Crippen LogP contribution in [0.15, 0.2) is 61.2 Å². The van der Waals surface area contributed by atoms with Crippen LogP contribution in [0.5, 0.6) is 0 Å². The molecule has 0 spiro atoms. The molecule has 26 heavy (non-hydrogen) atoms. The Hall–Kier alpha value is -2.70. The third kappa shape index (κ3) is 3.76. The van der Waals surface area contributed by atoms with Crippen molar-refractivity contribution in [2.24, 2.45) is 0 Å². The summed E-state index contributed by atoms with van der Waals surface area (Å²) in [7, 11) is 0. The summed E-state index contributed by atoms with van der Waals surface area (Å²) >= 11 is 0. The normalized spacial score (nSPS) is 18.0. The monoisotopic (exact) mass is 350 g/mol. The van der Waals surface area contributed by atoms with E-state index in [0.717, 1.165) is 24.3 Å². The van der Waals surface area contributed by atoms with Gasteiger partial charge in [0, 0.05) is 50.0 Å². The molecule has 0 aliphatic carbocycles. The van der Waals surface area contributed by atoms with Gasteiger partial charge < -0.3 is 4.74 Å². The molecule has 0 bridgehead atoms. The van der Waals surface area contributed by atoms with E-state index in [-0.39, 0.29) is 11.9 Å². The molecule has 3 aromatic rings. The maximum absolute atomic E-state index is 13.6. The molecular weight excluding hydrogens is 331 g/mol. The Labute approximate surface area is 151 Å². The Balaban J connectivity index is 1.57.